The third kappa shape index (κ3) is 8.43. The normalized spacial score (nSPS) is 12.5. The van der Waals surface area contributed by atoms with Gasteiger partial charge in [-0.25, -0.2) is 10.9 Å². The van der Waals surface area contributed by atoms with Gasteiger partial charge in [0, 0.05) is 11.1 Å². The van der Waals surface area contributed by atoms with Crippen molar-refractivity contribution < 1.29 is 38.0 Å². The van der Waals surface area contributed by atoms with Crippen molar-refractivity contribution in [2.24, 2.45) is 10.2 Å². The molecule has 0 saturated carbocycles. The molecule has 2 amide bonds. The number of nitrogens with zero attached hydrogens (tertiary/aromatic N) is 2. The van der Waals surface area contributed by atoms with Gasteiger partial charge in [0.05, 0.1) is 65.6 Å². The third-order valence-electron chi connectivity index (χ3n) is 5.30. The van der Waals surface area contributed by atoms with Crippen molar-refractivity contribution in [2.45, 2.75) is 24.3 Å². The van der Waals surface area contributed by atoms with Gasteiger partial charge in [-0.15, -0.1) is 11.8 Å². The minimum absolute atomic E-state index is 0.371. The summed E-state index contributed by atoms with van der Waals surface area (Å²) >= 11 is 1.16. The molecule has 212 valence electrons. The number of methoxy groups -OCH3 is 6. The maximum atomic E-state index is 12.5. The molecule has 0 aliphatic carbocycles. The maximum Gasteiger partial charge on any atom is 0.252 e. The molecule has 2 aromatic rings. The molecule has 0 fully saturated rings. The molecule has 2 rings (SSSR count). The zero-order chi connectivity index (χ0) is 28.9. The number of amides is 2. The lowest BCUT2D eigenvalue weighted by Crippen LogP contribution is -2.33. The number of ether oxygens (including phenoxy) is 6. The van der Waals surface area contributed by atoms with E-state index in [1.165, 1.54) is 55.1 Å². The van der Waals surface area contributed by atoms with Crippen LogP contribution in [-0.2, 0) is 9.59 Å². The molecule has 0 radical (unpaired) electrons. The number of benzene rings is 2. The molecule has 2 atom stereocenters. The van der Waals surface area contributed by atoms with E-state index in [1.807, 2.05) is 0 Å². The topological polar surface area (TPSA) is 138 Å². The zero-order valence-electron chi connectivity index (χ0n) is 23.2. The van der Waals surface area contributed by atoms with E-state index < -0.39 is 10.5 Å². The summed E-state index contributed by atoms with van der Waals surface area (Å²) in [6.45, 7) is 3.36. The average Bonchev–Trinajstić information content (AvgIpc) is 2.95. The highest BCUT2D eigenvalue weighted by Gasteiger charge is 2.21. The lowest BCUT2D eigenvalue weighted by atomic mass is 10.2. The highest BCUT2D eigenvalue weighted by Crippen LogP contribution is 2.38. The Kier molecular flexibility index (Phi) is 12.2. The Morgan fingerprint density at radius 3 is 1.21 bits per heavy atom. The molecule has 12 nitrogen and oxygen atoms in total. The Balaban J connectivity index is 1.94. The van der Waals surface area contributed by atoms with Gasteiger partial charge in [-0.1, -0.05) is 0 Å². The second kappa shape index (κ2) is 15.3. The van der Waals surface area contributed by atoms with E-state index in [2.05, 4.69) is 21.1 Å². The van der Waals surface area contributed by atoms with Crippen LogP contribution in [0.4, 0.5) is 0 Å². The van der Waals surface area contributed by atoms with E-state index in [9.17, 15) is 9.59 Å². The molecule has 0 aromatic heterocycles. The molecule has 0 aliphatic rings. The molecule has 39 heavy (non-hydrogen) atoms. The summed E-state index contributed by atoms with van der Waals surface area (Å²) in [5, 5.41) is 6.87. The quantitative estimate of drug-likeness (QED) is 0.263. The van der Waals surface area contributed by atoms with Crippen molar-refractivity contribution >= 4 is 36.0 Å². The Morgan fingerprint density at radius 1 is 0.641 bits per heavy atom. The van der Waals surface area contributed by atoms with Crippen LogP contribution in [0.25, 0.3) is 0 Å². The molecule has 0 heterocycles. The maximum absolute atomic E-state index is 12.5. The molecule has 13 heteroatoms. The number of hydrogen-bond acceptors (Lipinski definition) is 11. The highest BCUT2D eigenvalue weighted by atomic mass is 32.2. The Hall–Kier alpha value is -4.13. The zero-order valence-corrected chi connectivity index (χ0v) is 24.0. The van der Waals surface area contributed by atoms with Crippen LogP contribution in [0.1, 0.15) is 25.0 Å². The smallest absolute Gasteiger partial charge is 0.252 e. The fraction of sp³-hybridized carbons (Fsp3) is 0.385. The third-order valence-corrected chi connectivity index (χ3v) is 6.54. The van der Waals surface area contributed by atoms with Crippen LogP contribution in [0.15, 0.2) is 34.5 Å². The first-order valence-electron chi connectivity index (χ1n) is 11.6. The summed E-state index contributed by atoms with van der Waals surface area (Å²) in [5.74, 6) is 2.00. The number of carbonyl (C=O) groups is 2. The van der Waals surface area contributed by atoms with E-state index in [0.29, 0.717) is 45.6 Å². The average molecular weight is 563 g/mol. The molecule has 2 aromatic carbocycles. The van der Waals surface area contributed by atoms with E-state index in [4.69, 9.17) is 28.4 Å². The predicted molar refractivity (Wildman–Crippen MR) is 150 cm³/mol. The van der Waals surface area contributed by atoms with Crippen molar-refractivity contribution in [1.82, 2.24) is 10.9 Å². The number of rotatable bonds is 14. The standard InChI is InChI=1S/C26H34N4O8S/c1-15(25(31)29-27-13-17-9-19(33-3)23(37-7)20(10-17)34-4)39-16(2)26(32)30-28-14-18-11-21(35-5)24(38-8)22(12-18)36-6/h9-16H,1-8H3,(H,29,31)(H,30,32)/b27-13-,28-14-/t15-,16-/m0/s1. The number of hydrazone groups is 2. The lowest BCUT2D eigenvalue weighted by Gasteiger charge is -2.15. The van der Waals surface area contributed by atoms with Gasteiger partial charge in [0.2, 0.25) is 11.5 Å². The Morgan fingerprint density at radius 2 is 0.949 bits per heavy atom. The Bertz CT molecular complexity index is 1060. The van der Waals surface area contributed by atoms with E-state index in [1.54, 1.807) is 38.1 Å². The van der Waals surface area contributed by atoms with E-state index in [-0.39, 0.29) is 11.8 Å². The van der Waals surface area contributed by atoms with E-state index >= 15 is 0 Å². The van der Waals surface area contributed by atoms with Crippen LogP contribution in [0.3, 0.4) is 0 Å². The summed E-state index contributed by atoms with van der Waals surface area (Å²) in [6.07, 6.45) is 2.90. The number of carbonyl (C=O) groups excluding carboxylic acids is 2. The molecular weight excluding hydrogens is 528 g/mol. The van der Waals surface area contributed by atoms with Gasteiger partial charge in [0.1, 0.15) is 0 Å². The largest absolute Gasteiger partial charge is 0.493 e. The minimum Gasteiger partial charge on any atom is -0.493 e. The summed E-state index contributed by atoms with van der Waals surface area (Å²) in [7, 11) is 9.06. The Labute approximate surface area is 232 Å². The molecule has 0 bridgehead atoms. The predicted octanol–water partition coefficient (Wildman–Crippen LogP) is 2.85. The second-order valence-corrected chi connectivity index (χ2v) is 9.49. The van der Waals surface area contributed by atoms with Crippen molar-refractivity contribution in [1.29, 1.82) is 0 Å². The van der Waals surface area contributed by atoms with Crippen molar-refractivity contribution in [3.8, 4) is 34.5 Å². The minimum atomic E-state index is -0.568. The molecule has 2 N–H and O–H groups in total. The SMILES string of the molecule is COc1cc(/C=N\NC(=O)[C@H](C)S[C@@H](C)C(=O)N/N=C\c2cc(OC)c(OC)c(OC)c2)cc(OC)c1OC. The molecule has 0 aliphatic heterocycles. The van der Waals surface area contributed by atoms with Gasteiger partial charge in [-0.05, 0) is 38.1 Å². The van der Waals surface area contributed by atoms with Gasteiger partial charge in [0.25, 0.3) is 11.8 Å². The monoisotopic (exact) mass is 562 g/mol. The van der Waals surface area contributed by atoms with Crippen LogP contribution in [-0.4, -0.2) is 77.4 Å². The molecule has 0 spiro atoms. The summed E-state index contributed by atoms with van der Waals surface area (Å²) in [5.41, 5.74) is 6.21. The van der Waals surface area contributed by atoms with Crippen LogP contribution in [0.5, 0.6) is 34.5 Å². The summed E-state index contributed by atoms with van der Waals surface area (Å²) in [4.78, 5) is 25.0. The van der Waals surface area contributed by atoms with Gasteiger partial charge in [0.15, 0.2) is 23.0 Å². The highest BCUT2D eigenvalue weighted by molar-refractivity contribution is 8.01. The first-order chi connectivity index (χ1) is 18.7. The van der Waals surface area contributed by atoms with Crippen molar-refractivity contribution in [3.05, 3.63) is 35.4 Å². The first-order valence-corrected chi connectivity index (χ1v) is 12.6. The van der Waals surface area contributed by atoms with Crippen LogP contribution < -0.4 is 39.3 Å². The number of hydrogen-bond donors (Lipinski definition) is 2. The van der Waals surface area contributed by atoms with Crippen molar-refractivity contribution in [2.75, 3.05) is 42.7 Å². The summed E-state index contributed by atoms with van der Waals surface area (Å²) < 4.78 is 31.8. The molecular formula is C26H34N4O8S. The van der Waals surface area contributed by atoms with Gasteiger partial charge in [-0.3, -0.25) is 9.59 Å². The van der Waals surface area contributed by atoms with Gasteiger partial charge < -0.3 is 28.4 Å². The van der Waals surface area contributed by atoms with Crippen molar-refractivity contribution in [3.63, 3.8) is 0 Å². The second-order valence-electron chi connectivity index (χ2n) is 7.81. The fourth-order valence-corrected chi connectivity index (χ4v) is 4.27. The lowest BCUT2D eigenvalue weighted by molar-refractivity contribution is -0.120. The molecule has 0 unspecified atom stereocenters. The van der Waals surface area contributed by atoms with E-state index in [0.717, 1.165) is 11.8 Å². The number of thioether (sulfide) groups is 1. The first kappa shape index (κ1) is 31.1. The van der Waals surface area contributed by atoms with Crippen LogP contribution in [0.2, 0.25) is 0 Å². The van der Waals surface area contributed by atoms with Crippen LogP contribution >= 0.6 is 11.8 Å². The van der Waals surface area contributed by atoms with Gasteiger partial charge in [-0.2, -0.15) is 10.2 Å². The summed E-state index contributed by atoms with van der Waals surface area (Å²) in [6, 6.07) is 6.78. The van der Waals surface area contributed by atoms with Crippen LogP contribution in [0, 0.1) is 0 Å². The number of nitrogens with one attached hydrogen (secondary N) is 2. The van der Waals surface area contributed by atoms with Gasteiger partial charge >= 0.3 is 0 Å². The molecule has 0 saturated heterocycles. The fourth-order valence-electron chi connectivity index (χ4n) is 3.30.